The second-order valence-electron chi connectivity index (χ2n) is 8.73. The lowest BCUT2D eigenvalue weighted by Crippen LogP contribution is -2.45. The molecule has 0 saturated carbocycles. The number of benzene rings is 2. The topological polar surface area (TPSA) is 3.88 Å². The third kappa shape index (κ3) is 3.57. The van der Waals surface area contributed by atoms with E-state index in [0.717, 1.165) is 6.42 Å². The second-order valence-corrected chi connectivity index (χ2v) is 14.0. The summed E-state index contributed by atoms with van der Waals surface area (Å²) in [6, 6.07) is 16.1. The van der Waals surface area contributed by atoms with E-state index in [2.05, 4.69) is 96.6 Å². The Kier molecular flexibility index (Phi) is 6.33. The Labute approximate surface area is 178 Å². The molecule has 3 aromatic rings. The first kappa shape index (κ1) is 21.8. The lowest BCUT2D eigenvalue weighted by molar-refractivity contribution is -0.659. The van der Waals surface area contributed by atoms with Crippen molar-refractivity contribution in [1.82, 2.24) is 0 Å². The molecular weight excluding hydrogens is 366 g/mol. The summed E-state index contributed by atoms with van der Waals surface area (Å²) in [4.78, 5) is 0. The molecule has 1 aromatic heterocycles. The number of hydrogen-bond acceptors (Lipinski definition) is 0. The van der Waals surface area contributed by atoms with Crippen molar-refractivity contribution in [2.75, 3.05) is 0 Å². The second kappa shape index (κ2) is 8.43. The van der Waals surface area contributed by atoms with E-state index in [1.165, 1.54) is 62.4 Å². The lowest BCUT2D eigenvalue weighted by Gasteiger charge is -2.29. The third-order valence-electron chi connectivity index (χ3n) is 7.75. The van der Waals surface area contributed by atoms with Crippen LogP contribution in [0, 0.1) is 20.8 Å². The number of nitrogens with zero attached hydrogens (tertiary/aromatic N) is 1. The smallest absolute Gasteiger partial charge is 0.200 e. The normalized spacial score (nSPS) is 12.0. The standard InChI is InChI=1S/C27H38NSi/c1-9-22-18-26(21(7)19(5)20(22)6)27-25-14-13-24(29(10-2,11-3)12-4)17-23(25)15-16-28(27)8/h13-18H,9-12H2,1-8H3/q+1. The average Bonchev–Trinajstić information content (AvgIpc) is 2.74. The van der Waals surface area contributed by atoms with E-state index in [0.29, 0.717) is 0 Å². The highest BCUT2D eigenvalue weighted by Gasteiger charge is 2.30. The highest BCUT2D eigenvalue weighted by atomic mass is 28.3. The highest BCUT2D eigenvalue weighted by molar-refractivity contribution is 6.91. The maximum atomic E-state index is 2.51. The molecule has 0 fully saturated rings. The van der Waals surface area contributed by atoms with E-state index in [4.69, 9.17) is 0 Å². The van der Waals surface area contributed by atoms with Gasteiger partial charge >= 0.3 is 0 Å². The van der Waals surface area contributed by atoms with Crippen molar-refractivity contribution in [3.63, 3.8) is 0 Å². The summed E-state index contributed by atoms with van der Waals surface area (Å²) in [6.45, 7) is 16.3. The fraction of sp³-hybridized carbons (Fsp3) is 0.444. The van der Waals surface area contributed by atoms with Crippen LogP contribution in [-0.4, -0.2) is 8.07 Å². The minimum atomic E-state index is -1.37. The molecule has 0 atom stereocenters. The summed E-state index contributed by atoms with van der Waals surface area (Å²) in [6.07, 6.45) is 3.32. The molecule has 0 N–H and O–H groups in total. The molecule has 0 unspecified atom stereocenters. The van der Waals surface area contributed by atoms with E-state index in [9.17, 15) is 0 Å². The van der Waals surface area contributed by atoms with Crippen LogP contribution in [0.15, 0.2) is 36.5 Å². The predicted molar refractivity (Wildman–Crippen MR) is 131 cm³/mol. The summed E-state index contributed by atoms with van der Waals surface area (Å²) < 4.78 is 2.31. The van der Waals surface area contributed by atoms with Gasteiger partial charge in [-0.05, 0) is 67.0 Å². The minimum absolute atomic E-state index is 1.08. The summed E-state index contributed by atoms with van der Waals surface area (Å²) in [7, 11) is 0.817. The Bertz CT molecular complexity index is 1040. The van der Waals surface area contributed by atoms with Crippen LogP contribution in [0.3, 0.4) is 0 Å². The van der Waals surface area contributed by atoms with E-state index in [1.54, 1.807) is 5.19 Å². The van der Waals surface area contributed by atoms with E-state index in [1.807, 2.05) is 0 Å². The molecule has 0 aliphatic rings. The quantitative estimate of drug-likeness (QED) is 0.324. The summed E-state index contributed by atoms with van der Waals surface area (Å²) >= 11 is 0. The largest absolute Gasteiger partial charge is 0.220 e. The van der Waals surface area contributed by atoms with E-state index >= 15 is 0 Å². The molecule has 1 nitrogen and oxygen atoms in total. The zero-order chi connectivity index (χ0) is 21.3. The molecule has 0 radical (unpaired) electrons. The first-order chi connectivity index (χ1) is 13.8. The molecule has 154 valence electrons. The van der Waals surface area contributed by atoms with Gasteiger partial charge in [-0.25, -0.2) is 4.57 Å². The molecule has 3 rings (SSSR count). The molecule has 0 aliphatic heterocycles. The van der Waals surface area contributed by atoms with Gasteiger partial charge in [0.25, 0.3) is 0 Å². The van der Waals surface area contributed by atoms with Crippen LogP contribution in [0.5, 0.6) is 0 Å². The average molecular weight is 405 g/mol. The monoisotopic (exact) mass is 404 g/mol. The van der Waals surface area contributed by atoms with Gasteiger partial charge in [0, 0.05) is 6.07 Å². The molecule has 2 aromatic carbocycles. The van der Waals surface area contributed by atoms with Gasteiger partial charge in [-0.15, -0.1) is 0 Å². The van der Waals surface area contributed by atoms with Crippen molar-refractivity contribution in [1.29, 1.82) is 0 Å². The van der Waals surface area contributed by atoms with Crippen LogP contribution in [0.25, 0.3) is 22.0 Å². The van der Waals surface area contributed by atoms with Crippen molar-refractivity contribution in [3.05, 3.63) is 58.8 Å². The fourth-order valence-electron chi connectivity index (χ4n) is 5.13. The first-order valence-corrected chi connectivity index (χ1v) is 14.0. The van der Waals surface area contributed by atoms with Gasteiger partial charge in [0.05, 0.1) is 19.0 Å². The first-order valence-electron chi connectivity index (χ1n) is 11.4. The SMILES string of the molecule is CCc1cc(-c2c3ccc([Si](CC)(CC)CC)cc3cc[n+]2C)c(C)c(C)c1C. The number of rotatable bonds is 6. The summed E-state index contributed by atoms with van der Waals surface area (Å²) in [5.41, 5.74) is 8.49. The van der Waals surface area contributed by atoms with Crippen molar-refractivity contribution >= 4 is 24.0 Å². The Morgan fingerprint density at radius 2 is 1.45 bits per heavy atom. The van der Waals surface area contributed by atoms with E-state index < -0.39 is 8.07 Å². The van der Waals surface area contributed by atoms with E-state index in [-0.39, 0.29) is 0 Å². The predicted octanol–water partition coefficient (Wildman–Crippen LogP) is 6.53. The van der Waals surface area contributed by atoms with Crippen LogP contribution >= 0.6 is 0 Å². The Morgan fingerprint density at radius 3 is 2.03 bits per heavy atom. The van der Waals surface area contributed by atoms with Crippen LogP contribution < -0.4 is 9.75 Å². The number of aryl methyl sites for hydroxylation is 2. The van der Waals surface area contributed by atoms with Gasteiger partial charge in [0.15, 0.2) is 6.20 Å². The third-order valence-corrected chi connectivity index (χ3v) is 13.3. The van der Waals surface area contributed by atoms with Crippen molar-refractivity contribution in [2.45, 2.75) is 73.0 Å². The molecule has 0 saturated heterocycles. The number of pyridine rings is 1. The zero-order valence-corrected chi connectivity index (χ0v) is 20.7. The molecule has 0 spiro atoms. The molecule has 29 heavy (non-hydrogen) atoms. The van der Waals surface area contributed by atoms with Gasteiger partial charge < -0.3 is 0 Å². The number of fused-ring (bicyclic) bond motifs is 1. The van der Waals surface area contributed by atoms with Crippen molar-refractivity contribution < 1.29 is 4.57 Å². The highest BCUT2D eigenvalue weighted by Crippen LogP contribution is 2.33. The summed E-state index contributed by atoms with van der Waals surface area (Å²) in [5, 5.41) is 4.39. The number of hydrogen-bond donors (Lipinski definition) is 0. The van der Waals surface area contributed by atoms with Crippen LogP contribution in [-0.2, 0) is 13.5 Å². The van der Waals surface area contributed by atoms with Crippen molar-refractivity contribution in [3.8, 4) is 11.3 Å². The molecule has 2 heteroatoms. The Morgan fingerprint density at radius 1 is 0.793 bits per heavy atom. The Hall–Kier alpha value is -1.93. The van der Waals surface area contributed by atoms with Gasteiger partial charge in [0.1, 0.15) is 7.05 Å². The lowest BCUT2D eigenvalue weighted by atomic mass is 9.90. The minimum Gasteiger partial charge on any atom is -0.200 e. The molecule has 1 heterocycles. The van der Waals surface area contributed by atoms with Crippen molar-refractivity contribution in [2.24, 2.45) is 7.05 Å². The fourth-order valence-corrected chi connectivity index (χ4v) is 8.75. The van der Waals surface area contributed by atoms with Gasteiger partial charge in [-0.1, -0.05) is 63.1 Å². The number of aromatic nitrogens is 1. The Balaban J connectivity index is 2.31. The molecule has 0 aliphatic carbocycles. The van der Waals surface area contributed by atoms with Crippen LogP contribution in [0.4, 0.5) is 0 Å². The molecule has 0 bridgehead atoms. The molecule has 0 amide bonds. The maximum absolute atomic E-state index is 2.51. The van der Waals surface area contributed by atoms with Crippen LogP contribution in [0.1, 0.15) is 49.9 Å². The van der Waals surface area contributed by atoms with Crippen LogP contribution in [0.2, 0.25) is 18.1 Å². The maximum Gasteiger partial charge on any atom is 0.220 e. The van der Waals surface area contributed by atoms with Gasteiger partial charge in [0.2, 0.25) is 5.69 Å². The zero-order valence-electron chi connectivity index (χ0n) is 19.7. The molecular formula is C27H38NSi+. The summed E-state index contributed by atoms with van der Waals surface area (Å²) in [5.74, 6) is 0. The van der Waals surface area contributed by atoms with Gasteiger partial charge in [-0.3, -0.25) is 0 Å². The van der Waals surface area contributed by atoms with Gasteiger partial charge in [-0.2, -0.15) is 0 Å².